The summed E-state index contributed by atoms with van der Waals surface area (Å²) in [4.78, 5) is 12.9. The summed E-state index contributed by atoms with van der Waals surface area (Å²) < 4.78 is 22.7. The lowest BCUT2D eigenvalue weighted by Gasteiger charge is -2.40. The molecule has 0 aromatic rings. The van der Waals surface area contributed by atoms with E-state index in [4.69, 9.17) is 18.9 Å². The molecule has 0 unspecified atom stereocenters. The topological polar surface area (TPSA) is 74.2 Å². The fourth-order valence-corrected chi connectivity index (χ4v) is 3.70. The van der Waals surface area contributed by atoms with Crippen LogP contribution in [0.1, 0.15) is 48.0 Å². The molecule has 1 N–H and O–H groups in total. The smallest absolute Gasteiger partial charge is 0.173 e. The number of aliphatic hydroxyl groups is 1. The molecule has 6 nitrogen and oxygen atoms in total. The van der Waals surface area contributed by atoms with Gasteiger partial charge in [0.15, 0.2) is 5.79 Å². The molecule has 25 heavy (non-hydrogen) atoms. The Morgan fingerprint density at radius 3 is 2.12 bits per heavy atom. The molecule has 148 valence electrons. The van der Waals surface area contributed by atoms with Crippen LogP contribution in [-0.4, -0.2) is 56.0 Å². The van der Waals surface area contributed by atoms with Crippen LogP contribution in [0.4, 0.5) is 0 Å². The number of rotatable bonds is 11. The van der Waals surface area contributed by atoms with E-state index in [2.05, 4.69) is 0 Å². The molecular formula is C19H36O6. The average Bonchev–Trinajstić information content (AvgIpc) is 3.09. The molecule has 1 aliphatic heterocycles. The lowest BCUT2D eigenvalue weighted by molar-refractivity contribution is -0.234. The van der Waals surface area contributed by atoms with Crippen LogP contribution in [0, 0.1) is 23.7 Å². The van der Waals surface area contributed by atoms with E-state index in [1.54, 1.807) is 14.0 Å². The summed E-state index contributed by atoms with van der Waals surface area (Å²) >= 11 is 0. The van der Waals surface area contributed by atoms with Crippen molar-refractivity contribution < 1.29 is 28.8 Å². The molecule has 0 radical (unpaired) electrons. The highest BCUT2D eigenvalue weighted by atomic mass is 16.7. The van der Waals surface area contributed by atoms with Gasteiger partial charge >= 0.3 is 0 Å². The van der Waals surface area contributed by atoms with Crippen LogP contribution < -0.4 is 0 Å². The van der Waals surface area contributed by atoms with Crippen LogP contribution in [0.25, 0.3) is 0 Å². The first kappa shape index (κ1) is 22.5. The van der Waals surface area contributed by atoms with Gasteiger partial charge in [-0.1, -0.05) is 41.5 Å². The highest BCUT2D eigenvalue weighted by Crippen LogP contribution is 2.37. The van der Waals surface area contributed by atoms with Gasteiger partial charge in [0.1, 0.15) is 12.6 Å². The van der Waals surface area contributed by atoms with Gasteiger partial charge in [-0.25, -0.2) is 0 Å². The summed E-state index contributed by atoms with van der Waals surface area (Å²) in [6.07, 6.45) is -0.425. The second-order valence-electron chi connectivity index (χ2n) is 7.40. The Balaban J connectivity index is 2.98. The fraction of sp³-hybridized carbons (Fsp3) is 0.947. The van der Waals surface area contributed by atoms with Gasteiger partial charge in [-0.15, -0.1) is 0 Å². The normalized spacial score (nSPS) is 23.2. The highest BCUT2D eigenvalue weighted by molar-refractivity contribution is 5.84. The first-order valence-corrected chi connectivity index (χ1v) is 9.32. The van der Waals surface area contributed by atoms with E-state index in [-0.39, 0.29) is 24.4 Å². The maximum Gasteiger partial charge on any atom is 0.173 e. The summed E-state index contributed by atoms with van der Waals surface area (Å²) in [5.41, 5.74) is 0. The van der Waals surface area contributed by atoms with Crippen LogP contribution in [0.3, 0.4) is 0 Å². The van der Waals surface area contributed by atoms with E-state index in [1.807, 2.05) is 34.6 Å². The van der Waals surface area contributed by atoms with Crippen molar-refractivity contribution >= 4 is 5.78 Å². The quantitative estimate of drug-likeness (QED) is 0.571. The Kier molecular flexibility index (Phi) is 8.98. The lowest BCUT2D eigenvalue weighted by atomic mass is 9.78. The lowest BCUT2D eigenvalue weighted by Crippen LogP contribution is -2.49. The predicted octanol–water partition coefficient (Wildman–Crippen LogP) is 2.62. The minimum absolute atomic E-state index is 0.0154. The summed E-state index contributed by atoms with van der Waals surface area (Å²) in [6.45, 7) is 12.6. The van der Waals surface area contributed by atoms with Crippen LogP contribution in [0.5, 0.6) is 0 Å². The molecule has 5 atom stereocenters. The molecule has 1 saturated heterocycles. The molecule has 1 heterocycles. The number of carbonyl (C=O) groups is 1. The van der Waals surface area contributed by atoms with Crippen molar-refractivity contribution in [1.82, 2.24) is 0 Å². The van der Waals surface area contributed by atoms with Crippen LogP contribution in [-0.2, 0) is 23.7 Å². The predicted molar refractivity (Wildman–Crippen MR) is 95.0 cm³/mol. The summed E-state index contributed by atoms with van der Waals surface area (Å²) in [5.74, 6) is -1.77. The summed E-state index contributed by atoms with van der Waals surface area (Å²) in [5, 5.41) is 10.3. The average molecular weight is 360 g/mol. The van der Waals surface area contributed by atoms with Crippen LogP contribution >= 0.6 is 0 Å². The minimum atomic E-state index is -0.743. The number of Topliss-reactive ketones (excluding diaryl/α,β-unsaturated/α-hetero) is 1. The summed E-state index contributed by atoms with van der Waals surface area (Å²) in [6, 6.07) is 0. The second-order valence-corrected chi connectivity index (χ2v) is 7.40. The zero-order valence-electron chi connectivity index (χ0n) is 16.8. The first-order chi connectivity index (χ1) is 11.7. The maximum absolute atomic E-state index is 12.9. The minimum Gasteiger partial charge on any atom is -0.392 e. The largest absolute Gasteiger partial charge is 0.392 e. The van der Waals surface area contributed by atoms with Crippen molar-refractivity contribution in [2.24, 2.45) is 23.7 Å². The molecule has 1 fully saturated rings. The zero-order valence-corrected chi connectivity index (χ0v) is 16.8. The number of carbonyl (C=O) groups excluding carboxylic acids is 1. The number of ether oxygens (including phenoxy) is 4. The molecule has 0 aromatic heterocycles. The van der Waals surface area contributed by atoms with Gasteiger partial charge in [0.2, 0.25) is 0 Å². The van der Waals surface area contributed by atoms with Crippen LogP contribution in [0.15, 0.2) is 0 Å². The monoisotopic (exact) mass is 360 g/mol. The number of hydrogen-bond donors (Lipinski definition) is 1. The molecule has 0 aromatic carbocycles. The van der Waals surface area contributed by atoms with Gasteiger partial charge in [-0.05, 0) is 12.3 Å². The van der Waals surface area contributed by atoms with Gasteiger partial charge in [0, 0.05) is 24.9 Å². The highest BCUT2D eigenvalue weighted by Gasteiger charge is 2.47. The SMILES string of the molecule is CCC1([C@@H](C)[C@H](OCOC)[C@H](C)C(=O)[C@@H](C)[C@H](O)C(C)C)OCCO1. The zero-order chi connectivity index (χ0) is 19.2. The molecule has 6 heteroatoms. The Labute approximate surface area is 152 Å². The van der Waals surface area contributed by atoms with Gasteiger partial charge in [0.05, 0.1) is 25.4 Å². The van der Waals surface area contributed by atoms with Gasteiger partial charge < -0.3 is 24.1 Å². The van der Waals surface area contributed by atoms with E-state index in [0.717, 1.165) is 0 Å². The number of ketones is 1. The van der Waals surface area contributed by atoms with E-state index >= 15 is 0 Å². The number of methoxy groups -OCH3 is 1. The molecule has 1 aliphatic rings. The molecular weight excluding hydrogens is 324 g/mol. The third kappa shape index (κ3) is 5.23. The van der Waals surface area contributed by atoms with Crippen molar-refractivity contribution in [3.63, 3.8) is 0 Å². The van der Waals surface area contributed by atoms with Crippen molar-refractivity contribution in [2.75, 3.05) is 27.1 Å². The molecule has 1 rings (SSSR count). The molecule has 0 aliphatic carbocycles. The van der Waals surface area contributed by atoms with E-state index in [9.17, 15) is 9.90 Å². The Morgan fingerprint density at radius 2 is 1.68 bits per heavy atom. The maximum atomic E-state index is 12.9. The molecule has 0 bridgehead atoms. The third-order valence-electron chi connectivity index (χ3n) is 5.42. The van der Waals surface area contributed by atoms with Gasteiger partial charge in [-0.3, -0.25) is 4.79 Å². The van der Waals surface area contributed by atoms with E-state index in [1.165, 1.54) is 0 Å². The number of hydrogen-bond acceptors (Lipinski definition) is 6. The van der Waals surface area contributed by atoms with Gasteiger partial charge in [0.25, 0.3) is 0 Å². The second kappa shape index (κ2) is 9.97. The first-order valence-electron chi connectivity index (χ1n) is 9.32. The Bertz CT molecular complexity index is 405. The van der Waals surface area contributed by atoms with Crippen LogP contribution in [0.2, 0.25) is 0 Å². The van der Waals surface area contributed by atoms with Crippen molar-refractivity contribution in [1.29, 1.82) is 0 Å². The molecule has 0 amide bonds. The van der Waals surface area contributed by atoms with Crippen molar-refractivity contribution in [3.8, 4) is 0 Å². The standard InChI is InChI=1S/C19H36O6/c1-8-19(24-9-10-25-19)15(6)18(23-11-22-7)14(5)17(21)13(4)16(20)12(2)3/h12-16,18,20H,8-11H2,1-7H3/t13-,14+,15-,16+,18+/m0/s1. The third-order valence-corrected chi connectivity index (χ3v) is 5.42. The molecule has 0 saturated carbocycles. The van der Waals surface area contributed by atoms with Crippen molar-refractivity contribution in [2.45, 2.75) is 66.0 Å². The fourth-order valence-electron chi connectivity index (χ4n) is 3.70. The Hall–Kier alpha value is -0.530. The van der Waals surface area contributed by atoms with Crippen molar-refractivity contribution in [3.05, 3.63) is 0 Å². The Morgan fingerprint density at radius 1 is 1.12 bits per heavy atom. The van der Waals surface area contributed by atoms with E-state index in [0.29, 0.717) is 19.6 Å². The molecule has 0 spiro atoms. The summed E-state index contributed by atoms with van der Waals surface area (Å²) in [7, 11) is 1.55. The number of aliphatic hydroxyl groups excluding tert-OH is 1. The van der Waals surface area contributed by atoms with E-state index < -0.39 is 29.8 Å². The van der Waals surface area contributed by atoms with Gasteiger partial charge in [-0.2, -0.15) is 0 Å².